The maximum atomic E-state index is 13.8. The van der Waals surface area contributed by atoms with Gasteiger partial charge in [0.05, 0.1) is 38.8 Å². The molecule has 1 aliphatic carbocycles. The van der Waals surface area contributed by atoms with Gasteiger partial charge in [0, 0.05) is 24.1 Å². The first kappa shape index (κ1) is 32.4. The van der Waals surface area contributed by atoms with Crippen LogP contribution in [0.4, 0.5) is 10.8 Å². The van der Waals surface area contributed by atoms with Crippen LogP contribution in [-0.2, 0) is 16.0 Å². The predicted octanol–water partition coefficient (Wildman–Crippen LogP) is 5.46. The number of rotatable bonds is 10. The van der Waals surface area contributed by atoms with Gasteiger partial charge >= 0.3 is 0 Å². The Kier molecular flexibility index (Phi) is 9.86. The normalized spacial score (nSPS) is 14.3. The summed E-state index contributed by atoms with van der Waals surface area (Å²) < 4.78 is 17.1. The second kappa shape index (κ2) is 14.0. The number of anilines is 2. The zero-order valence-corrected chi connectivity index (χ0v) is 27.4. The molecular formula is C34H37N5O6S. The zero-order chi connectivity index (χ0) is 33.0. The van der Waals surface area contributed by atoms with Crippen LogP contribution in [0.3, 0.4) is 0 Å². The molecule has 0 saturated carbocycles. The lowest BCUT2D eigenvalue weighted by atomic mass is 9.95. The number of carbonyl (C=O) groups excluding carboxylic acids is 2. The number of fused-ring (bicyclic) bond motifs is 3. The first-order valence-electron chi connectivity index (χ1n) is 14.9. The number of hydrogen-bond donors (Lipinski definition) is 3. The van der Waals surface area contributed by atoms with Crippen molar-refractivity contribution in [1.29, 1.82) is 0 Å². The Hall–Kier alpha value is -4.97. The first-order valence-corrected chi connectivity index (χ1v) is 15.7. The van der Waals surface area contributed by atoms with Crippen molar-refractivity contribution in [3.05, 3.63) is 75.4 Å². The van der Waals surface area contributed by atoms with Crippen molar-refractivity contribution >= 4 is 34.0 Å². The number of pyridine rings is 1. The average molecular weight is 644 g/mol. The molecular weight excluding hydrogens is 606 g/mol. The molecule has 46 heavy (non-hydrogen) atoms. The van der Waals surface area contributed by atoms with Crippen molar-refractivity contribution in [2.24, 2.45) is 5.92 Å². The number of carbonyl (C=O) groups is 2. The van der Waals surface area contributed by atoms with E-state index < -0.39 is 12.1 Å². The Morgan fingerprint density at radius 3 is 2.43 bits per heavy atom. The minimum absolute atomic E-state index is 0.178. The van der Waals surface area contributed by atoms with E-state index in [2.05, 4.69) is 25.9 Å². The van der Waals surface area contributed by atoms with Gasteiger partial charge in [-0.25, -0.2) is 4.98 Å². The molecule has 11 nitrogen and oxygen atoms in total. The van der Waals surface area contributed by atoms with Crippen LogP contribution in [0, 0.1) is 5.92 Å². The number of amides is 2. The Morgan fingerprint density at radius 1 is 1.00 bits per heavy atom. The number of aromatic nitrogens is 2. The summed E-state index contributed by atoms with van der Waals surface area (Å²) in [6.45, 7) is 5.25. The van der Waals surface area contributed by atoms with Crippen LogP contribution in [0.2, 0.25) is 0 Å². The number of nitrogens with one attached hydrogen (secondary N) is 3. The highest BCUT2D eigenvalue weighted by molar-refractivity contribution is 7.14. The van der Waals surface area contributed by atoms with Crippen LogP contribution >= 0.6 is 11.3 Å². The molecule has 4 aromatic rings. The summed E-state index contributed by atoms with van der Waals surface area (Å²) in [5, 5.41) is 11.4. The minimum Gasteiger partial charge on any atom is -0.493 e. The summed E-state index contributed by atoms with van der Waals surface area (Å²) in [6, 6.07) is 11.3. The van der Waals surface area contributed by atoms with E-state index in [0.29, 0.717) is 57.7 Å². The first-order chi connectivity index (χ1) is 22.1. The Morgan fingerprint density at radius 2 is 1.78 bits per heavy atom. The molecule has 0 fully saturated rings. The van der Waals surface area contributed by atoms with Gasteiger partial charge in [-0.05, 0) is 65.8 Å². The smallest absolute Gasteiger partial charge is 0.248 e. The third-order valence-electron chi connectivity index (χ3n) is 7.84. The van der Waals surface area contributed by atoms with E-state index in [0.717, 1.165) is 11.1 Å². The lowest BCUT2D eigenvalue weighted by Crippen LogP contribution is -2.39. The number of aryl methyl sites for hydroxylation is 1. The summed E-state index contributed by atoms with van der Waals surface area (Å²) in [4.78, 5) is 48.5. The molecule has 12 heteroatoms. The molecule has 2 amide bonds. The highest BCUT2D eigenvalue weighted by atomic mass is 32.1. The van der Waals surface area contributed by atoms with Crippen molar-refractivity contribution in [3.8, 4) is 39.8 Å². The van der Waals surface area contributed by atoms with Gasteiger partial charge < -0.3 is 30.2 Å². The van der Waals surface area contributed by atoms with E-state index in [1.54, 1.807) is 26.5 Å². The van der Waals surface area contributed by atoms with Crippen LogP contribution in [0.25, 0.3) is 22.5 Å². The molecule has 2 aromatic carbocycles. The van der Waals surface area contributed by atoms with Crippen molar-refractivity contribution in [3.63, 3.8) is 0 Å². The molecule has 240 valence electrons. The number of benzene rings is 1. The number of ether oxygens (including phenoxy) is 3. The molecule has 2 heterocycles. The third-order valence-corrected chi connectivity index (χ3v) is 8.60. The van der Waals surface area contributed by atoms with Gasteiger partial charge in [-0.15, -0.1) is 11.3 Å². The maximum Gasteiger partial charge on any atom is 0.248 e. The SMILES string of the molecule is COc1cc2c(c(OC)c1OC)-c1ccc(N[C@H](C(=O)Nc3nc(-c4ccccn4)cs3)C(C)C)c(=O)cc1[C@H](NC(C)=O)CC2. The fourth-order valence-corrected chi connectivity index (χ4v) is 6.38. The molecule has 0 aliphatic heterocycles. The molecule has 0 spiro atoms. The Labute approximate surface area is 271 Å². The molecule has 1 aliphatic rings. The topological polar surface area (TPSA) is 141 Å². The molecule has 2 aromatic heterocycles. The van der Waals surface area contributed by atoms with Gasteiger partial charge in [0.1, 0.15) is 11.7 Å². The van der Waals surface area contributed by atoms with E-state index >= 15 is 0 Å². The van der Waals surface area contributed by atoms with Crippen LogP contribution in [0.1, 0.15) is 44.4 Å². The number of hydrogen-bond acceptors (Lipinski definition) is 10. The Bertz CT molecular complexity index is 1810. The summed E-state index contributed by atoms with van der Waals surface area (Å²) in [5.41, 5.74) is 4.27. The van der Waals surface area contributed by atoms with Crippen molar-refractivity contribution in [2.45, 2.75) is 45.7 Å². The van der Waals surface area contributed by atoms with E-state index in [4.69, 9.17) is 14.2 Å². The lowest BCUT2D eigenvalue weighted by Gasteiger charge is -2.21. The maximum absolute atomic E-state index is 13.8. The molecule has 2 atom stereocenters. The van der Waals surface area contributed by atoms with Crippen LogP contribution in [0.15, 0.2) is 58.8 Å². The van der Waals surface area contributed by atoms with E-state index in [1.807, 2.05) is 49.6 Å². The fourth-order valence-electron chi connectivity index (χ4n) is 5.68. The molecule has 0 radical (unpaired) electrons. The average Bonchev–Trinajstić information content (AvgIpc) is 3.38. The van der Waals surface area contributed by atoms with Gasteiger partial charge in [-0.1, -0.05) is 26.0 Å². The highest BCUT2D eigenvalue weighted by Crippen LogP contribution is 2.50. The minimum atomic E-state index is -0.755. The number of nitrogens with zero attached hydrogens (tertiary/aromatic N) is 2. The van der Waals surface area contributed by atoms with Crippen molar-refractivity contribution < 1.29 is 23.8 Å². The largest absolute Gasteiger partial charge is 0.493 e. The van der Waals surface area contributed by atoms with Gasteiger partial charge in [0.2, 0.25) is 23.0 Å². The van der Waals surface area contributed by atoms with Gasteiger partial charge in [-0.3, -0.25) is 19.4 Å². The third kappa shape index (κ3) is 6.66. The quantitative estimate of drug-likeness (QED) is 0.206. The van der Waals surface area contributed by atoms with Crippen LogP contribution < -0.4 is 35.6 Å². The van der Waals surface area contributed by atoms with Crippen molar-refractivity contribution in [1.82, 2.24) is 15.3 Å². The fraction of sp³-hybridized carbons (Fsp3) is 0.324. The highest BCUT2D eigenvalue weighted by Gasteiger charge is 2.30. The lowest BCUT2D eigenvalue weighted by molar-refractivity contribution is -0.120. The van der Waals surface area contributed by atoms with Crippen molar-refractivity contribution in [2.75, 3.05) is 32.0 Å². The molecule has 0 bridgehead atoms. The van der Waals surface area contributed by atoms with Gasteiger partial charge in [0.15, 0.2) is 16.6 Å². The van der Waals surface area contributed by atoms with E-state index in [1.165, 1.54) is 31.4 Å². The summed E-state index contributed by atoms with van der Waals surface area (Å²) >= 11 is 1.30. The van der Waals surface area contributed by atoms with Crippen LogP contribution in [0.5, 0.6) is 17.2 Å². The second-order valence-electron chi connectivity index (χ2n) is 11.2. The zero-order valence-electron chi connectivity index (χ0n) is 26.6. The summed E-state index contributed by atoms with van der Waals surface area (Å²) in [6.07, 6.45) is 2.81. The number of methoxy groups -OCH3 is 3. The van der Waals surface area contributed by atoms with Gasteiger partial charge in [0.25, 0.3) is 0 Å². The van der Waals surface area contributed by atoms with E-state index in [9.17, 15) is 14.4 Å². The molecule has 0 saturated heterocycles. The summed E-state index contributed by atoms with van der Waals surface area (Å²) in [5.74, 6) is 0.675. The summed E-state index contributed by atoms with van der Waals surface area (Å²) in [7, 11) is 4.65. The standard InChI is InChI=1S/C34H37N5O6S/c1-18(2)30(33(42)39-34-38-26(17-46-34)24-9-7-8-14-35-24)37-25-13-11-21-22(16-27(25)41)23(36-19(3)40)12-10-20-15-28(43-4)31(44-5)32(45-6)29(20)21/h7-9,11,13-18,23,30H,10,12H2,1-6H3,(H,36,40)(H,37,41)(H,38,39,42)/t23-,30+/m1/s1. The molecule has 5 rings (SSSR count). The monoisotopic (exact) mass is 643 g/mol. The molecule has 0 unspecified atom stereocenters. The number of thiazole rings is 1. The predicted molar refractivity (Wildman–Crippen MR) is 179 cm³/mol. The molecule has 3 N–H and O–H groups in total. The van der Waals surface area contributed by atoms with Gasteiger partial charge in [-0.2, -0.15) is 0 Å². The Balaban J connectivity index is 1.54. The second-order valence-corrected chi connectivity index (χ2v) is 12.1. The van der Waals surface area contributed by atoms with Crippen LogP contribution in [-0.4, -0.2) is 49.2 Å². The van der Waals surface area contributed by atoms with E-state index in [-0.39, 0.29) is 28.8 Å².